The summed E-state index contributed by atoms with van der Waals surface area (Å²) in [7, 11) is 0. The minimum Gasteiger partial charge on any atom is -0.462 e. The van der Waals surface area contributed by atoms with Crippen molar-refractivity contribution in [1.82, 2.24) is 0 Å². The quantitative estimate of drug-likeness (QED) is 0.384. The van der Waals surface area contributed by atoms with E-state index >= 15 is 4.39 Å². The third kappa shape index (κ3) is 4.45. The van der Waals surface area contributed by atoms with Gasteiger partial charge in [-0.1, -0.05) is 60.7 Å². The second kappa shape index (κ2) is 9.24. The molecule has 2 rings (SSSR count). The Labute approximate surface area is 146 Å². The number of carbonyl (C=O) groups is 1. The number of rotatable bonds is 7. The molecular weight excluding hydrogens is 327 g/mol. The van der Waals surface area contributed by atoms with Crippen LogP contribution in [0.15, 0.2) is 66.5 Å². The van der Waals surface area contributed by atoms with Gasteiger partial charge in [0.1, 0.15) is 5.83 Å². The van der Waals surface area contributed by atoms with E-state index in [4.69, 9.17) is 16.3 Å². The van der Waals surface area contributed by atoms with Crippen LogP contribution in [0.5, 0.6) is 0 Å². The molecule has 0 saturated carbocycles. The van der Waals surface area contributed by atoms with Gasteiger partial charge in [-0.2, -0.15) is 0 Å². The highest BCUT2D eigenvalue weighted by molar-refractivity contribution is 6.18. The number of esters is 1. The zero-order chi connectivity index (χ0) is 17.4. The molecule has 0 saturated heterocycles. The van der Waals surface area contributed by atoms with E-state index in [2.05, 4.69) is 0 Å². The summed E-state index contributed by atoms with van der Waals surface area (Å²) in [6.45, 7) is 1.89. The van der Waals surface area contributed by atoms with Gasteiger partial charge in [0.15, 0.2) is 0 Å². The maximum Gasteiger partial charge on any atom is 0.341 e. The number of hydrogen-bond donors (Lipinski definition) is 0. The zero-order valence-electron chi connectivity index (χ0n) is 13.5. The van der Waals surface area contributed by atoms with E-state index in [0.29, 0.717) is 12.0 Å². The Balaban J connectivity index is 2.55. The van der Waals surface area contributed by atoms with Crippen LogP contribution < -0.4 is 0 Å². The molecule has 1 atom stereocenters. The number of carbonyl (C=O) groups excluding carboxylic acids is 1. The molecule has 0 aromatic heterocycles. The summed E-state index contributed by atoms with van der Waals surface area (Å²) in [5.74, 6) is -1.45. The van der Waals surface area contributed by atoms with Crippen LogP contribution in [0.2, 0.25) is 0 Å². The van der Waals surface area contributed by atoms with Crippen molar-refractivity contribution in [3.05, 3.63) is 77.6 Å². The number of alkyl halides is 1. The third-order valence-corrected chi connectivity index (χ3v) is 3.90. The lowest BCUT2D eigenvalue weighted by atomic mass is 9.90. The van der Waals surface area contributed by atoms with E-state index in [-0.39, 0.29) is 18.1 Å². The van der Waals surface area contributed by atoms with Gasteiger partial charge in [-0.15, -0.1) is 11.6 Å². The molecule has 126 valence electrons. The van der Waals surface area contributed by atoms with Crippen molar-refractivity contribution in [1.29, 1.82) is 0 Å². The highest BCUT2D eigenvalue weighted by Crippen LogP contribution is 2.35. The molecule has 0 N–H and O–H groups in total. The molecule has 0 heterocycles. The standard InChI is InChI=1S/C20H20ClFO2/c1-2-24-20(23)18(16-11-7-4-8-12-16)19(22)17(13-14-21)15-9-5-3-6-10-15/h3-12,17H,2,13-14H2,1H3/b19-18+/t17-/m1/s1. The largest absolute Gasteiger partial charge is 0.462 e. The van der Waals surface area contributed by atoms with Gasteiger partial charge in [-0.05, 0) is 24.5 Å². The molecule has 4 heteroatoms. The fourth-order valence-corrected chi connectivity index (χ4v) is 2.79. The molecule has 2 nitrogen and oxygen atoms in total. The molecule has 0 unspecified atom stereocenters. The van der Waals surface area contributed by atoms with Crippen molar-refractivity contribution >= 4 is 23.1 Å². The Kier molecular flexibility index (Phi) is 7.01. The predicted octanol–water partition coefficient (Wildman–Crippen LogP) is 5.34. The van der Waals surface area contributed by atoms with Crippen molar-refractivity contribution in [3.8, 4) is 0 Å². The van der Waals surface area contributed by atoms with Crippen LogP contribution in [-0.4, -0.2) is 18.5 Å². The Morgan fingerprint density at radius 3 is 2.21 bits per heavy atom. The predicted molar refractivity (Wildman–Crippen MR) is 95.6 cm³/mol. The second-order valence-electron chi connectivity index (χ2n) is 5.25. The first-order valence-corrected chi connectivity index (χ1v) is 8.45. The Morgan fingerprint density at radius 2 is 1.67 bits per heavy atom. The summed E-state index contributed by atoms with van der Waals surface area (Å²) in [5.41, 5.74) is 1.26. The normalized spacial score (nSPS) is 13.1. The first kappa shape index (κ1) is 18.2. The van der Waals surface area contributed by atoms with Crippen molar-refractivity contribution in [2.75, 3.05) is 12.5 Å². The van der Waals surface area contributed by atoms with Crippen LogP contribution in [0.25, 0.3) is 5.57 Å². The highest BCUT2D eigenvalue weighted by atomic mass is 35.5. The molecule has 24 heavy (non-hydrogen) atoms. The Hall–Kier alpha value is -2.13. The van der Waals surface area contributed by atoms with Crippen molar-refractivity contribution in [3.63, 3.8) is 0 Å². The summed E-state index contributed by atoms with van der Waals surface area (Å²) in [4.78, 5) is 12.4. The van der Waals surface area contributed by atoms with Gasteiger partial charge in [0, 0.05) is 11.8 Å². The third-order valence-electron chi connectivity index (χ3n) is 3.69. The van der Waals surface area contributed by atoms with Crippen LogP contribution >= 0.6 is 11.6 Å². The topological polar surface area (TPSA) is 26.3 Å². The SMILES string of the molecule is CCOC(=O)/C(=C(/F)[C@H](CCCl)c1ccccc1)c1ccccc1. The molecule has 0 bridgehead atoms. The van der Waals surface area contributed by atoms with Crippen molar-refractivity contribution in [2.24, 2.45) is 0 Å². The fraction of sp³-hybridized carbons (Fsp3) is 0.250. The van der Waals surface area contributed by atoms with Gasteiger partial charge >= 0.3 is 5.97 Å². The Bertz CT molecular complexity index is 683. The van der Waals surface area contributed by atoms with Gasteiger partial charge in [-0.25, -0.2) is 9.18 Å². The van der Waals surface area contributed by atoms with Gasteiger partial charge in [0.05, 0.1) is 12.2 Å². The van der Waals surface area contributed by atoms with E-state index in [0.717, 1.165) is 5.56 Å². The van der Waals surface area contributed by atoms with Crippen LogP contribution in [0.1, 0.15) is 30.4 Å². The average molecular weight is 347 g/mol. The van der Waals surface area contributed by atoms with E-state index in [1.165, 1.54) is 0 Å². The molecule has 2 aromatic carbocycles. The molecule has 0 aliphatic carbocycles. The summed E-state index contributed by atoms with van der Waals surface area (Å²) < 4.78 is 20.5. The first-order chi connectivity index (χ1) is 11.7. The second-order valence-corrected chi connectivity index (χ2v) is 5.63. The van der Waals surface area contributed by atoms with Crippen molar-refractivity contribution < 1.29 is 13.9 Å². The number of ether oxygens (including phenoxy) is 1. The zero-order valence-corrected chi connectivity index (χ0v) is 14.3. The van der Waals surface area contributed by atoms with Gasteiger partial charge in [0.2, 0.25) is 0 Å². The van der Waals surface area contributed by atoms with Gasteiger partial charge in [0.25, 0.3) is 0 Å². The molecule has 2 aromatic rings. The minimum absolute atomic E-state index is 0.0311. The van der Waals surface area contributed by atoms with E-state index < -0.39 is 17.7 Å². The molecular formula is C20H20ClFO2. The molecule has 0 spiro atoms. The highest BCUT2D eigenvalue weighted by Gasteiger charge is 2.26. The van der Waals surface area contributed by atoms with E-state index in [9.17, 15) is 4.79 Å². The lowest BCUT2D eigenvalue weighted by Gasteiger charge is -2.18. The van der Waals surface area contributed by atoms with Crippen LogP contribution in [0.3, 0.4) is 0 Å². The summed E-state index contributed by atoms with van der Waals surface area (Å²) in [6, 6.07) is 18.0. The van der Waals surface area contributed by atoms with Gasteiger partial charge in [-0.3, -0.25) is 0 Å². The fourth-order valence-electron chi connectivity index (χ4n) is 2.57. The number of allylic oxidation sites excluding steroid dienone is 1. The number of hydrogen-bond acceptors (Lipinski definition) is 2. The average Bonchev–Trinajstić information content (AvgIpc) is 2.61. The molecule has 0 amide bonds. The summed E-state index contributed by atoms with van der Waals surface area (Å²) in [5, 5.41) is 0. The lowest BCUT2D eigenvalue weighted by Crippen LogP contribution is -2.12. The molecule has 0 aliphatic heterocycles. The molecule has 0 aliphatic rings. The molecule has 0 radical (unpaired) electrons. The van der Waals surface area contributed by atoms with Crippen LogP contribution in [-0.2, 0) is 9.53 Å². The van der Waals surface area contributed by atoms with Crippen LogP contribution in [0, 0.1) is 0 Å². The molecule has 0 fully saturated rings. The van der Waals surface area contributed by atoms with Crippen molar-refractivity contribution in [2.45, 2.75) is 19.3 Å². The number of benzene rings is 2. The van der Waals surface area contributed by atoms with E-state index in [1.807, 2.05) is 36.4 Å². The lowest BCUT2D eigenvalue weighted by molar-refractivity contribution is -0.136. The smallest absolute Gasteiger partial charge is 0.341 e. The first-order valence-electron chi connectivity index (χ1n) is 7.92. The van der Waals surface area contributed by atoms with Gasteiger partial charge < -0.3 is 4.74 Å². The monoisotopic (exact) mass is 346 g/mol. The summed E-state index contributed by atoms with van der Waals surface area (Å²) >= 11 is 5.88. The summed E-state index contributed by atoms with van der Waals surface area (Å²) in [6.07, 6.45) is 0.396. The van der Waals surface area contributed by atoms with Crippen LogP contribution in [0.4, 0.5) is 4.39 Å². The maximum atomic E-state index is 15.4. The minimum atomic E-state index is -0.656. The number of halogens is 2. The van der Waals surface area contributed by atoms with E-state index in [1.54, 1.807) is 31.2 Å². The Morgan fingerprint density at radius 1 is 1.08 bits per heavy atom. The maximum absolute atomic E-state index is 15.4.